The van der Waals surface area contributed by atoms with Crippen LogP contribution in [0.3, 0.4) is 0 Å². The van der Waals surface area contributed by atoms with E-state index in [0.717, 1.165) is 17.1 Å². The topological polar surface area (TPSA) is 63.8 Å². The van der Waals surface area contributed by atoms with Crippen LogP contribution in [0.1, 0.15) is 0 Å². The van der Waals surface area contributed by atoms with Crippen LogP contribution in [0, 0.1) is 0 Å². The van der Waals surface area contributed by atoms with E-state index < -0.39 is 5.51 Å². The average molecular weight is 320 g/mol. The largest absolute Gasteiger partial charge is 0.441 e. The zero-order chi connectivity index (χ0) is 14.6. The molecule has 20 heavy (non-hydrogen) atoms. The van der Waals surface area contributed by atoms with Crippen LogP contribution in [0.4, 0.5) is 24.0 Å². The van der Waals surface area contributed by atoms with Crippen LogP contribution in [0.15, 0.2) is 24.5 Å². The van der Waals surface area contributed by atoms with Crippen molar-refractivity contribution < 1.29 is 13.2 Å². The van der Waals surface area contributed by atoms with E-state index in [9.17, 15) is 13.2 Å². The lowest BCUT2D eigenvalue weighted by Crippen LogP contribution is -2.09. The highest BCUT2D eigenvalue weighted by molar-refractivity contribution is 8.00. The fourth-order valence-electron chi connectivity index (χ4n) is 1.54. The van der Waals surface area contributed by atoms with Gasteiger partial charge >= 0.3 is 5.51 Å². The minimum absolute atomic E-state index is 0.0606. The van der Waals surface area contributed by atoms with E-state index in [1.807, 2.05) is 6.07 Å². The van der Waals surface area contributed by atoms with E-state index >= 15 is 0 Å². The summed E-state index contributed by atoms with van der Waals surface area (Å²) in [5, 5.41) is 3.58. The Hall–Kier alpha value is -1.48. The minimum atomic E-state index is -4.21. The van der Waals surface area contributed by atoms with E-state index in [0.29, 0.717) is 16.4 Å². The van der Waals surface area contributed by atoms with E-state index in [1.165, 1.54) is 0 Å². The lowest BCUT2D eigenvalue weighted by atomic mass is 10.1. The summed E-state index contributed by atoms with van der Waals surface area (Å²) in [4.78, 5) is 3.99. The predicted octanol–water partition coefficient (Wildman–Crippen LogP) is 3.45. The Labute approximate surface area is 121 Å². The summed E-state index contributed by atoms with van der Waals surface area (Å²) in [6.45, 7) is 0.180. The van der Waals surface area contributed by atoms with Gasteiger partial charge in [0.25, 0.3) is 0 Å². The molecule has 0 aromatic carbocycles. The summed E-state index contributed by atoms with van der Waals surface area (Å²) >= 11 is 1.06. The molecule has 0 saturated heterocycles. The smallest absolute Gasteiger partial charge is 0.382 e. The molecule has 0 saturated carbocycles. The number of halogens is 3. The molecule has 0 radical (unpaired) electrons. The van der Waals surface area contributed by atoms with Crippen molar-refractivity contribution in [3.05, 3.63) is 24.5 Å². The Balaban J connectivity index is 2.03. The maximum Gasteiger partial charge on any atom is 0.441 e. The molecule has 0 aliphatic heterocycles. The van der Waals surface area contributed by atoms with Crippen molar-refractivity contribution in [2.45, 2.75) is 5.51 Å². The molecule has 2 aromatic heterocycles. The first kappa shape index (κ1) is 14.9. The molecule has 0 amide bonds. The van der Waals surface area contributed by atoms with Gasteiger partial charge in [0, 0.05) is 30.3 Å². The second-order valence-corrected chi connectivity index (χ2v) is 5.67. The molecule has 2 aromatic rings. The SMILES string of the molecule is Nc1nsc(NCCSC(F)(F)F)c1-c1cccnc1. The summed E-state index contributed by atoms with van der Waals surface area (Å²) in [7, 11) is 0. The first-order chi connectivity index (χ1) is 9.47. The fourth-order valence-corrected chi connectivity index (χ4v) is 2.74. The van der Waals surface area contributed by atoms with Gasteiger partial charge in [-0.25, -0.2) is 0 Å². The number of thioether (sulfide) groups is 1. The monoisotopic (exact) mass is 320 g/mol. The van der Waals surface area contributed by atoms with Crippen LogP contribution in [0.2, 0.25) is 0 Å². The van der Waals surface area contributed by atoms with Crippen LogP contribution < -0.4 is 11.1 Å². The number of nitrogen functional groups attached to an aromatic ring is 1. The highest BCUT2D eigenvalue weighted by Gasteiger charge is 2.27. The lowest BCUT2D eigenvalue weighted by Gasteiger charge is -2.08. The van der Waals surface area contributed by atoms with E-state index in [-0.39, 0.29) is 24.1 Å². The van der Waals surface area contributed by atoms with Crippen molar-refractivity contribution >= 4 is 34.1 Å². The summed E-state index contributed by atoms with van der Waals surface area (Å²) < 4.78 is 40.1. The van der Waals surface area contributed by atoms with E-state index in [1.54, 1.807) is 18.5 Å². The quantitative estimate of drug-likeness (QED) is 0.826. The molecule has 0 atom stereocenters. The van der Waals surface area contributed by atoms with Crippen molar-refractivity contribution in [1.82, 2.24) is 9.36 Å². The van der Waals surface area contributed by atoms with E-state index in [4.69, 9.17) is 5.73 Å². The van der Waals surface area contributed by atoms with Gasteiger partial charge in [0.15, 0.2) is 0 Å². The van der Waals surface area contributed by atoms with Crippen LogP contribution >= 0.6 is 23.3 Å². The third-order valence-corrected chi connectivity index (χ3v) is 3.88. The van der Waals surface area contributed by atoms with Gasteiger partial charge in [0.05, 0.1) is 5.56 Å². The summed E-state index contributed by atoms with van der Waals surface area (Å²) in [6, 6.07) is 3.58. The number of anilines is 2. The second-order valence-electron chi connectivity index (χ2n) is 3.73. The molecule has 4 nitrogen and oxygen atoms in total. The Morgan fingerprint density at radius 3 is 2.85 bits per heavy atom. The maximum atomic E-state index is 12.0. The van der Waals surface area contributed by atoms with Gasteiger partial charge in [-0.3, -0.25) is 4.98 Å². The Morgan fingerprint density at radius 1 is 1.40 bits per heavy atom. The van der Waals surface area contributed by atoms with Crippen LogP contribution in [0.25, 0.3) is 11.1 Å². The predicted molar refractivity (Wildman–Crippen MR) is 76.8 cm³/mol. The lowest BCUT2D eigenvalue weighted by molar-refractivity contribution is -0.0327. The van der Waals surface area contributed by atoms with Crippen LogP contribution in [-0.4, -0.2) is 27.2 Å². The van der Waals surface area contributed by atoms with Gasteiger partial charge in [-0.15, -0.1) is 0 Å². The van der Waals surface area contributed by atoms with Gasteiger partial charge < -0.3 is 11.1 Å². The zero-order valence-electron chi connectivity index (χ0n) is 10.1. The standard InChI is InChI=1S/C11H11F3N4S2/c12-11(13,14)19-5-4-17-10-8(9(15)18-20-10)7-2-1-3-16-6-7/h1-3,6,17H,4-5H2,(H2,15,18). The summed E-state index contributed by atoms with van der Waals surface area (Å²) in [5.74, 6) is 0.266. The Morgan fingerprint density at radius 2 is 2.20 bits per heavy atom. The fraction of sp³-hybridized carbons (Fsp3) is 0.273. The van der Waals surface area contributed by atoms with Gasteiger partial charge in [0.1, 0.15) is 10.8 Å². The third kappa shape index (κ3) is 4.01. The number of hydrogen-bond acceptors (Lipinski definition) is 6. The first-order valence-corrected chi connectivity index (χ1v) is 7.33. The summed E-state index contributed by atoms with van der Waals surface area (Å²) in [6.07, 6.45) is 3.27. The maximum absolute atomic E-state index is 12.0. The molecule has 108 valence electrons. The van der Waals surface area contributed by atoms with Crippen molar-refractivity contribution in [3.8, 4) is 11.1 Å². The first-order valence-electron chi connectivity index (χ1n) is 5.57. The van der Waals surface area contributed by atoms with Crippen molar-refractivity contribution in [3.63, 3.8) is 0 Å². The molecule has 0 aliphatic rings. The number of rotatable bonds is 5. The third-order valence-electron chi connectivity index (χ3n) is 2.32. The molecule has 9 heteroatoms. The molecule has 0 aliphatic carbocycles. The molecule has 0 spiro atoms. The van der Waals surface area contributed by atoms with E-state index in [2.05, 4.69) is 14.7 Å². The summed E-state index contributed by atoms with van der Waals surface area (Å²) in [5.41, 5.74) is 3.05. The molecule has 0 bridgehead atoms. The number of aromatic nitrogens is 2. The van der Waals surface area contributed by atoms with Gasteiger partial charge in [-0.1, -0.05) is 6.07 Å². The number of nitrogens with one attached hydrogen (secondary N) is 1. The van der Waals surface area contributed by atoms with Crippen LogP contribution in [0.5, 0.6) is 0 Å². The molecular formula is C11H11F3N4S2. The number of nitrogens with zero attached hydrogens (tertiary/aromatic N) is 2. The van der Waals surface area contributed by atoms with Crippen molar-refractivity contribution in [2.75, 3.05) is 23.3 Å². The van der Waals surface area contributed by atoms with Crippen LogP contribution in [-0.2, 0) is 0 Å². The number of pyridine rings is 1. The zero-order valence-corrected chi connectivity index (χ0v) is 11.8. The highest BCUT2D eigenvalue weighted by atomic mass is 32.2. The number of hydrogen-bond donors (Lipinski definition) is 2. The molecule has 0 unspecified atom stereocenters. The average Bonchev–Trinajstić information content (AvgIpc) is 2.76. The molecule has 0 fully saturated rings. The highest BCUT2D eigenvalue weighted by Crippen LogP contribution is 2.36. The molecule has 3 N–H and O–H groups in total. The van der Waals surface area contributed by atoms with Gasteiger partial charge in [0.2, 0.25) is 0 Å². The second kappa shape index (κ2) is 6.31. The Kier molecular flexibility index (Phi) is 4.71. The molecule has 2 rings (SSSR count). The van der Waals surface area contributed by atoms with Crippen molar-refractivity contribution in [2.24, 2.45) is 0 Å². The Bertz CT molecular complexity index is 557. The molecular weight excluding hydrogens is 309 g/mol. The minimum Gasteiger partial charge on any atom is -0.382 e. The number of alkyl halides is 3. The van der Waals surface area contributed by atoms with Crippen molar-refractivity contribution in [1.29, 1.82) is 0 Å². The number of nitrogens with two attached hydrogens (primary N) is 1. The van der Waals surface area contributed by atoms with Gasteiger partial charge in [-0.2, -0.15) is 17.5 Å². The molecule has 2 heterocycles. The van der Waals surface area contributed by atoms with Gasteiger partial charge in [-0.05, 0) is 29.4 Å². The normalized spacial score (nSPS) is 11.6.